The molecular weight excluding hydrogens is 397 g/mol. The number of amides is 1. The lowest BCUT2D eigenvalue weighted by atomic mass is 10.0. The van der Waals surface area contributed by atoms with E-state index in [4.69, 9.17) is 14.2 Å². The summed E-state index contributed by atoms with van der Waals surface area (Å²) in [4.78, 5) is 25.6. The van der Waals surface area contributed by atoms with Crippen LogP contribution in [0.25, 0.3) is 0 Å². The molecule has 0 bridgehead atoms. The van der Waals surface area contributed by atoms with Crippen LogP contribution in [0.3, 0.4) is 0 Å². The van der Waals surface area contributed by atoms with Gasteiger partial charge >= 0.3 is 5.69 Å². The standard InChI is InChI=1S/C20H24FN3O6/c1-23(2)15(12-7-6-8-13(21)9-12)11-22-20(25)14-10-16(28-3)18(29-4)19(30-5)17(14)24(26)27/h6-10,15H,11H2,1-5H3,(H,22,25)/t15-/m1/s1. The largest absolute Gasteiger partial charge is 0.493 e. The second kappa shape index (κ2) is 9.88. The van der Waals surface area contributed by atoms with Crippen molar-refractivity contribution in [3.05, 3.63) is 57.4 Å². The molecule has 0 spiro atoms. The predicted octanol–water partition coefficient (Wildman–Crippen LogP) is 2.79. The molecular formula is C20H24FN3O6. The molecule has 9 nitrogen and oxygen atoms in total. The average molecular weight is 421 g/mol. The summed E-state index contributed by atoms with van der Waals surface area (Å²) in [6, 6.07) is 6.88. The normalized spacial score (nSPS) is 11.7. The molecule has 0 heterocycles. The van der Waals surface area contributed by atoms with Gasteiger partial charge in [-0.1, -0.05) is 12.1 Å². The van der Waals surface area contributed by atoms with Gasteiger partial charge in [0, 0.05) is 12.6 Å². The number of nitrogens with zero attached hydrogens (tertiary/aromatic N) is 2. The fraction of sp³-hybridized carbons (Fsp3) is 0.350. The first-order valence-electron chi connectivity index (χ1n) is 8.92. The third kappa shape index (κ3) is 4.77. The van der Waals surface area contributed by atoms with Crippen LogP contribution in [0.1, 0.15) is 22.0 Å². The Kier molecular flexibility index (Phi) is 7.54. The number of halogens is 1. The van der Waals surface area contributed by atoms with Crippen LogP contribution in [0.4, 0.5) is 10.1 Å². The summed E-state index contributed by atoms with van der Waals surface area (Å²) in [7, 11) is 7.45. The molecule has 1 amide bonds. The van der Waals surface area contributed by atoms with Crippen molar-refractivity contribution in [2.24, 2.45) is 0 Å². The van der Waals surface area contributed by atoms with E-state index in [2.05, 4.69) is 5.32 Å². The van der Waals surface area contributed by atoms with Crippen LogP contribution in [0.5, 0.6) is 17.2 Å². The summed E-state index contributed by atoms with van der Waals surface area (Å²) in [6.45, 7) is 0.0864. The predicted molar refractivity (Wildman–Crippen MR) is 108 cm³/mol. The zero-order chi connectivity index (χ0) is 22.4. The smallest absolute Gasteiger partial charge is 0.327 e. The molecule has 0 radical (unpaired) electrons. The Morgan fingerprint density at radius 1 is 1.17 bits per heavy atom. The van der Waals surface area contributed by atoms with Crippen molar-refractivity contribution in [1.82, 2.24) is 10.2 Å². The molecule has 0 aliphatic rings. The van der Waals surface area contributed by atoms with Gasteiger partial charge in [0.2, 0.25) is 11.5 Å². The number of benzene rings is 2. The van der Waals surface area contributed by atoms with Gasteiger partial charge in [0.25, 0.3) is 5.91 Å². The van der Waals surface area contributed by atoms with Crippen molar-refractivity contribution in [3.8, 4) is 17.2 Å². The molecule has 2 rings (SSSR count). The minimum Gasteiger partial charge on any atom is -0.493 e. The highest BCUT2D eigenvalue weighted by molar-refractivity contribution is 6.00. The molecule has 2 aromatic carbocycles. The van der Waals surface area contributed by atoms with Gasteiger partial charge in [0.15, 0.2) is 5.75 Å². The summed E-state index contributed by atoms with van der Waals surface area (Å²) < 4.78 is 29.1. The molecule has 1 atom stereocenters. The Bertz CT molecular complexity index is 935. The fourth-order valence-corrected chi connectivity index (χ4v) is 3.09. The summed E-state index contributed by atoms with van der Waals surface area (Å²) in [5, 5.41) is 14.4. The van der Waals surface area contributed by atoms with E-state index in [1.165, 1.54) is 39.5 Å². The monoisotopic (exact) mass is 421 g/mol. The van der Waals surface area contributed by atoms with Crippen molar-refractivity contribution in [3.63, 3.8) is 0 Å². The van der Waals surface area contributed by atoms with E-state index in [1.54, 1.807) is 31.1 Å². The van der Waals surface area contributed by atoms with Crippen LogP contribution in [-0.2, 0) is 0 Å². The Morgan fingerprint density at radius 2 is 1.83 bits per heavy atom. The van der Waals surface area contributed by atoms with E-state index in [0.29, 0.717) is 5.56 Å². The van der Waals surface area contributed by atoms with Gasteiger partial charge in [-0.15, -0.1) is 0 Å². The lowest BCUT2D eigenvalue weighted by Crippen LogP contribution is -2.35. The second-order valence-electron chi connectivity index (χ2n) is 6.54. The Hall–Kier alpha value is -3.40. The molecule has 0 saturated carbocycles. The molecule has 0 aliphatic heterocycles. The van der Waals surface area contributed by atoms with Gasteiger partial charge in [0.1, 0.15) is 11.4 Å². The molecule has 0 saturated heterocycles. The molecule has 10 heteroatoms. The number of likely N-dealkylation sites (N-methyl/N-ethyl adjacent to an activating group) is 1. The maximum atomic E-state index is 13.6. The number of carbonyl (C=O) groups excluding carboxylic acids is 1. The van der Waals surface area contributed by atoms with Crippen LogP contribution in [-0.4, -0.2) is 57.7 Å². The minimum atomic E-state index is -0.717. The molecule has 0 fully saturated rings. The first kappa shape index (κ1) is 22.9. The maximum Gasteiger partial charge on any atom is 0.327 e. The van der Waals surface area contributed by atoms with Gasteiger partial charge in [-0.2, -0.15) is 0 Å². The lowest BCUT2D eigenvalue weighted by Gasteiger charge is -2.25. The van der Waals surface area contributed by atoms with Crippen molar-refractivity contribution < 1.29 is 28.3 Å². The van der Waals surface area contributed by atoms with E-state index in [-0.39, 0.29) is 35.4 Å². The number of nitro benzene ring substituents is 1. The van der Waals surface area contributed by atoms with Gasteiger partial charge in [-0.25, -0.2) is 4.39 Å². The highest BCUT2D eigenvalue weighted by atomic mass is 19.1. The van der Waals surface area contributed by atoms with Crippen LogP contribution in [0, 0.1) is 15.9 Å². The van der Waals surface area contributed by atoms with Crippen LogP contribution >= 0.6 is 0 Å². The molecule has 0 unspecified atom stereocenters. The third-order valence-electron chi connectivity index (χ3n) is 4.54. The van der Waals surface area contributed by atoms with E-state index < -0.39 is 22.3 Å². The molecule has 0 aliphatic carbocycles. The summed E-state index contributed by atoms with van der Waals surface area (Å²) in [5.74, 6) is -1.20. The third-order valence-corrected chi connectivity index (χ3v) is 4.54. The molecule has 1 N–H and O–H groups in total. The van der Waals surface area contributed by atoms with Crippen molar-refractivity contribution in [2.45, 2.75) is 6.04 Å². The number of rotatable bonds is 9. The lowest BCUT2D eigenvalue weighted by molar-refractivity contribution is -0.386. The van der Waals surface area contributed by atoms with Crippen molar-refractivity contribution in [2.75, 3.05) is 42.0 Å². The number of nitrogens with one attached hydrogen (secondary N) is 1. The first-order chi connectivity index (χ1) is 14.2. The van der Waals surface area contributed by atoms with E-state index in [1.807, 2.05) is 0 Å². The zero-order valence-electron chi connectivity index (χ0n) is 17.4. The number of nitro groups is 1. The van der Waals surface area contributed by atoms with Gasteiger partial charge in [0.05, 0.1) is 32.3 Å². The van der Waals surface area contributed by atoms with Crippen molar-refractivity contribution in [1.29, 1.82) is 0 Å². The average Bonchev–Trinajstić information content (AvgIpc) is 2.71. The Morgan fingerprint density at radius 3 is 2.33 bits per heavy atom. The van der Waals surface area contributed by atoms with Crippen LogP contribution in [0.2, 0.25) is 0 Å². The van der Waals surface area contributed by atoms with Gasteiger partial charge in [-0.3, -0.25) is 14.9 Å². The van der Waals surface area contributed by atoms with E-state index in [0.717, 1.165) is 0 Å². The zero-order valence-corrected chi connectivity index (χ0v) is 17.4. The fourth-order valence-electron chi connectivity index (χ4n) is 3.09. The summed E-state index contributed by atoms with van der Waals surface area (Å²) >= 11 is 0. The number of carbonyl (C=O) groups is 1. The summed E-state index contributed by atoms with van der Waals surface area (Å²) in [5.41, 5.74) is -0.134. The quantitative estimate of drug-likeness (QED) is 0.490. The molecule has 0 aromatic heterocycles. The topological polar surface area (TPSA) is 103 Å². The molecule has 30 heavy (non-hydrogen) atoms. The molecule has 2 aromatic rings. The van der Waals surface area contributed by atoms with E-state index in [9.17, 15) is 19.3 Å². The first-order valence-corrected chi connectivity index (χ1v) is 8.92. The number of hydrogen-bond donors (Lipinski definition) is 1. The Balaban J connectivity index is 2.41. The number of ether oxygens (including phenoxy) is 3. The SMILES string of the molecule is COc1cc(C(=O)NC[C@H](c2cccc(F)c2)N(C)C)c([N+](=O)[O-])c(OC)c1OC. The second-order valence-corrected chi connectivity index (χ2v) is 6.54. The van der Waals surface area contributed by atoms with Crippen LogP contribution in [0.15, 0.2) is 30.3 Å². The minimum absolute atomic E-state index is 0.00850. The van der Waals surface area contributed by atoms with Crippen molar-refractivity contribution >= 4 is 11.6 Å². The number of hydrogen-bond acceptors (Lipinski definition) is 7. The summed E-state index contributed by atoms with van der Waals surface area (Å²) in [6.07, 6.45) is 0. The Labute approximate surface area is 173 Å². The maximum absolute atomic E-state index is 13.6. The van der Waals surface area contributed by atoms with E-state index >= 15 is 0 Å². The number of methoxy groups -OCH3 is 3. The molecule has 162 valence electrons. The highest BCUT2D eigenvalue weighted by Gasteiger charge is 2.32. The highest BCUT2D eigenvalue weighted by Crippen LogP contribution is 2.46. The van der Waals surface area contributed by atoms with Gasteiger partial charge in [-0.05, 0) is 31.8 Å². The van der Waals surface area contributed by atoms with Crippen LogP contribution < -0.4 is 19.5 Å². The van der Waals surface area contributed by atoms with Gasteiger partial charge < -0.3 is 24.4 Å².